The van der Waals surface area contributed by atoms with Crippen LogP contribution in [0.5, 0.6) is 0 Å². The number of fused-ring (bicyclic) bond motifs is 1. The maximum absolute atomic E-state index is 4.47. The topological polar surface area (TPSA) is 54.5 Å². The normalized spacial score (nSPS) is 10.8. The van der Waals surface area contributed by atoms with Gasteiger partial charge in [-0.2, -0.15) is 0 Å². The fraction of sp³-hybridized carbons (Fsp3) is 0.0833. The number of hydrogen-bond donors (Lipinski definition) is 1. The van der Waals surface area contributed by atoms with Crippen molar-refractivity contribution >= 4 is 11.8 Å². The molecule has 0 spiro atoms. The molecule has 0 atom stereocenters. The zero-order chi connectivity index (χ0) is 11.5. The van der Waals surface area contributed by atoms with Gasteiger partial charge in [0, 0.05) is 17.6 Å². The van der Waals surface area contributed by atoms with Crippen molar-refractivity contribution in [1.82, 2.24) is 19.9 Å². The molecule has 1 aliphatic carbocycles. The minimum Gasteiger partial charge on any atom is -0.348 e. The molecule has 5 heteroatoms. The molecule has 0 saturated carbocycles. The number of aromatic nitrogens is 4. The summed E-state index contributed by atoms with van der Waals surface area (Å²) in [6, 6.07) is 9.87. The van der Waals surface area contributed by atoms with E-state index in [4.69, 9.17) is 0 Å². The molecule has 0 bridgehead atoms. The van der Waals surface area contributed by atoms with Crippen LogP contribution in [0.1, 0.15) is 5.69 Å². The highest BCUT2D eigenvalue weighted by Gasteiger charge is 2.09. The monoisotopic (exact) mass is 242 g/mol. The van der Waals surface area contributed by atoms with Crippen molar-refractivity contribution in [3.8, 4) is 11.4 Å². The maximum Gasteiger partial charge on any atom is 0.189 e. The van der Waals surface area contributed by atoms with Gasteiger partial charge in [-0.1, -0.05) is 30.0 Å². The zero-order valence-corrected chi connectivity index (χ0v) is 9.81. The predicted octanol–water partition coefficient (Wildman–Crippen LogP) is 2.60. The Balaban J connectivity index is 1.80. The number of nitrogens with one attached hydrogen (secondary N) is 1. The van der Waals surface area contributed by atoms with E-state index in [1.165, 1.54) is 0 Å². The fourth-order valence-corrected chi connectivity index (χ4v) is 2.29. The van der Waals surface area contributed by atoms with Crippen LogP contribution in [0.2, 0.25) is 0 Å². The van der Waals surface area contributed by atoms with Crippen molar-refractivity contribution in [1.29, 1.82) is 0 Å². The molecule has 1 aromatic heterocycles. The summed E-state index contributed by atoms with van der Waals surface area (Å²) in [5.74, 6) is 0.808. The number of hydrogen-bond acceptors (Lipinski definition) is 4. The van der Waals surface area contributed by atoms with Gasteiger partial charge in [0.15, 0.2) is 5.16 Å². The Morgan fingerprint density at radius 3 is 2.47 bits per heavy atom. The van der Waals surface area contributed by atoms with Gasteiger partial charge < -0.3 is 4.98 Å². The Morgan fingerprint density at radius 2 is 1.82 bits per heavy atom. The second-order valence-electron chi connectivity index (χ2n) is 3.55. The molecule has 3 rings (SSSR count). The van der Waals surface area contributed by atoms with Gasteiger partial charge in [0.25, 0.3) is 0 Å². The van der Waals surface area contributed by atoms with E-state index in [1.807, 2.05) is 36.5 Å². The van der Waals surface area contributed by atoms with Gasteiger partial charge >= 0.3 is 0 Å². The third-order valence-electron chi connectivity index (χ3n) is 2.34. The summed E-state index contributed by atoms with van der Waals surface area (Å²) in [4.78, 5) is 16.0. The largest absolute Gasteiger partial charge is 0.348 e. The van der Waals surface area contributed by atoms with Crippen LogP contribution < -0.4 is 0 Å². The van der Waals surface area contributed by atoms with Crippen molar-refractivity contribution < 1.29 is 0 Å². The van der Waals surface area contributed by atoms with E-state index in [1.54, 1.807) is 18.1 Å². The number of nitrogens with zero attached hydrogens (tertiary/aromatic N) is 3. The molecule has 0 aromatic carbocycles. The number of imidazole rings is 2. The number of aromatic amines is 1. The Morgan fingerprint density at radius 1 is 1.06 bits per heavy atom. The van der Waals surface area contributed by atoms with Crippen LogP contribution in [0.25, 0.3) is 11.4 Å². The standard InChI is InChI=1S/C12H10N4S/c1-2-4-10-11(5-3-1)16-12(15-10)17-7-9-6-13-8-14-9/h1-6,8H,7H2,(H,13,14). The van der Waals surface area contributed by atoms with Gasteiger partial charge in [0.2, 0.25) is 0 Å². The number of thioether (sulfide) groups is 1. The van der Waals surface area contributed by atoms with Crippen LogP contribution >= 0.6 is 11.8 Å². The molecular weight excluding hydrogens is 232 g/mol. The van der Waals surface area contributed by atoms with Crippen LogP contribution in [0.3, 0.4) is 0 Å². The highest BCUT2D eigenvalue weighted by molar-refractivity contribution is 7.98. The minimum atomic E-state index is 0.806. The first-order valence-corrected chi connectivity index (χ1v) is 6.23. The summed E-state index contributed by atoms with van der Waals surface area (Å²) in [7, 11) is 0. The van der Waals surface area contributed by atoms with Gasteiger partial charge in [-0.05, 0) is 12.1 Å². The van der Waals surface area contributed by atoms with Crippen LogP contribution in [0, 0.1) is 0 Å². The predicted molar refractivity (Wildman–Crippen MR) is 66.8 cm³/mol. The van der Waals surface area contributed by atoms with Gasteiger partial charge in [0.1, 0.15) is 0 Å². The molecule has 0 unspecified atom stereocenters. The second-order valence-corrected chi connectivity index (χ2v) is 4.50. The molecular formula is C12H10N4S. The van der Waals surface area contributed by atoms with Crippen LogP contribution in [0.4, 0.5) is 0 Å². The Labute approximate surface area is 103 Å². The van der Waals surface area contributed by atoms with E-state index < -0.39 is 0 Å². The third kappa shape index (κ3) is 2.29. The first-order valence-electron chi connectivity index (χ1n) is 5.25. The summed E-state index contributed by atoms with van der Waals surface area (Å²) >= 11 is 1.61. The SMILES string of the molecule is c1ccc2nc(SCc3cnc[nH]3)nc-2cc1. The molecule has 0 saturated heterocycles. The summed E-state index contributed by atoms with van der Waals surface area (Å²) in [5.41, 5.74) is 2.94. The van der Waals surface area contributed by atoms with E-state index in [9.17, 15) is 0 Å². The van der Waals surface area contributed by atoms with E-state index >= 15 is 0 Å². The van der Waals surface area contributed by atoms with Crippen molar-refractivity contribution in [2.24, 2.45) is 0 Å². The van der Waals surface area contributed by atoms with E-state index in [2.05, 4.69) is 19.9 Å². The average Bonchev–Trinajstić information content (AvgIpc) is 2.93. The van der Waals surface area contributed by atoms with Crippen molar-refractivity contribution in [3.63, 3.8) is 0 Å². The summed E-state index contributed by atoms with van der Waals surface area (Å²) in [6.07, 6.45) is 3.49. The quantitative estimate of drug-likeness (QED) is 0.717. The second kappa shape index (κ2) is 4.55. The maximum atomic E-state index is 4.47. The van der Waals surface area contributed by atoms with Crippen molar-refractivity contribution in [2.75, 3.05) is 0 Å². The summed E-state index contributed by atoms with van der Waals surface area (Å²) < 4.78 is 0. The molecule has 17 heavy (non-hydrogen) atoms. The summed E-state index contributed by atoms with van der Waals surface area (Å²) in [6.45, 7) is 0. The number of H-pyrrole nitrogens is 1. The molecule has 0 amide bonds. The zero-order valence-electron chi connectivity index (χ0n) is 9.00. The fourth-order valence-electron chi connectivity index (χ4n) is 1.52. The van der Waals surface area contributed by atoms with Gasteiger partial charge in [-0.15, -0.1) is 0 Å². The highest BCUT2D eigenvalue weighted by Crippen LogP contribution is 2.24. The van der Waals surface area contributed by atoms with Gasteiger partial charge in [-0.3, -0.25) is 0 Å². The first-order chi connectivity index (χ1) is 8.42. The Hall–Kier alpha value is -1.88. The van der Waals surface area contributed by atoms with Crippen LogP contribution in [-0.2, 0) is 5.75 Å². The lowest BCUT2D eigenvalue weighted by Crippen LogP contribution is -1.80. The molecule has 2 heterocycles. The number of rotatable bonds is 3. The third-order valence-corrected chi connectivity index (χ3v) is 3.23. The first kappa shape index (κ1) is 10.3. The van der Waals surface area contributed by atoms with E-state index in [0.717, 1.165) is 28.0 Å². The molecule has 1 N–H and O–H groups in total. The minimum absolute atomic E-state index is 0.806. The Kier molecular flexibility index (Phi) is 2.75. The van der Waals surface area contributed by atoms with Crippen molar-refractivity contribution in [3.05, 3.63) is 48.5 Å². The highest BCUT2D eigenvalue weighted by atomic mass is 32.2. The molecule has 4 nitrogen and oxygen atoms in total. The van der Waals surface area contributed by atoms with Crippen LogP contribution in [0.15, 0.2) is 48.0 Å². The van der Waals surface area contributed by atoms with E-state index in [0.29, 0.717) is 0 Å². The smallest absolute Gasteiger partial charge is 0.189 e. The van der Waals surface area contributed by atoms with Gasteiger partial charge in [0.05, 0.1) is 17.7 Å². The lowest BCUT2D eigenvalue weighted by atomic mass is 10.3. The lowest BCUT2D eigenvalue weighted by Gasteiger charge is -1.91. The van der Waals surface area contributed by atoms with Crippen molar-refractivity contribution in [2.45, 2.75) is 10.9 Å². The van der Waals surface area contributed by atoms with Crippen LogP contribution in [-0.4, -0.2) is 19.9 Å². The molecule has 0 radical (unpaired) electrons. The molecule has 84 valence electrons. The molecule has 1 aliphatic heterocycles. The average molecular weight is 242 g/mol. The van der Waals surface area contributed by atoms with E-state index in [-0.39, 0.29) is 0 Å². The molecule has 0 fully saturated rings. The molecule has 2 aliphatic rings. The lowest BCUT2D eigenvalue weighted by molar-refractivity contribution is 1.07. The van der Waals surface area contributed by atoms with Gasteiger partial charge in [-0.25, -0.2) is 15.0 Å². The Bertz CT molecular complexity index is 548. The molecule has 1 aromatic rings. The summed E-state index contributed by atoms with van der Waals surface area (Å²) in [5, 5.41) is 0.806.